The Labute approximate surface area is 105 Å². The number of hydrogen-bond donors (Lipinski definition) is 1. The maximum atomic E-state index is 5.41. The van der Waals surface area contributed by atoms with E-state index in [9.17, 15) is 0 Å². The van der Waals surface area contributed by atoms with E-state index in [0.29, 0.717) is 0 Å². The summed E-state index contributed by atoms with van der Waals surface area (Å²) in [5.74, 6) is 0.897. The fourth-order valence-corrected chi connectivity index (χ4v) is 2.55. The molecule has 0 spiro atoms. The van der Waals surface area contributed by atoms with E-state index in [1.807, 2.05) is 29.8 Å². The van der Waals surface area contributed by atoms with Gasteiger partial charge in [0.15, 0.2) is 0 Å². The van der Waals surface area contributed by atoms with Crippen molar-refractivity contribution in [2.45, 2.75) is 13.0 Å². The van der Waals surface area contributed by atoms with Gasteiger partial charge in [-0.1, -0.05) is 25.1 Å². The first-order valence-electron chi connectivity index (χ1n) is 5.62. The van der Waals surface area contributed by atoms with Gasteiger partial charge in [0, 0.05) is 17.1 Å². The molecule has 0 saturated heterocycles. The quantitative estimate of drug-likeness (QED) is 0.883. The average Bonchev–Trinajstić information content (AvgIpc) is 2.89. The van der Waals surface area contributed by atoms with Gasteiger partial charge in [0.25, 0.3) is 0 Å². The summed E-state index contributed by atoms with van der Waals surface area (Å²) in [6.45, 7) is 2.98. The van der Waals surface area contributed by atoms with E-state index in [-0.39, 0.29) is 6.04 Å². The van der Waals surface area contributed by atoms with Gasteiger partial charge in [-0.3, -0.25) is 0 Å². The molecule has 0 aliphatic rings. The second kappa shape index (κ2) is 5.80. The fourth-order valence-electron chi connectivity index (χ4n) is 1.82. The zero-order valence-corrected chi connectivity index (χ0v) is 10.8. The lowest BCUT2D eigenvalue weighted by molar-refractivity contribution is 0.404. The van der Waals surface area contributed by atoms with Crippen molar-refractivity contribution in [3.05, 3.63) is 46.4 Å². The molecule has 1 aromatic carbocycles. The van der Waals surface area contributed by atoms with Crippen LogP contribution in [0, 0.1) is 0 Å². The number of nitrogens with zero attached hydrogens (tertiary/aromatic N) is 1. The second-order valence-electron chi connectivity index (χ2n) is 3.60. The minimum Gasteiger partial charge on any atom is -0.496 e. The Morgan fingerprint density at radius 2 is 2.24 bits per heavy atom. The van der Waals surface area contributed by atoms with Crippen LogP contribution in [0.4, 0.5) is 0 Å². The van der Waals surface area contributed by atoms with Gasteiger partial charge in [-0.2, -0.15) is 0 Å². The number of hydrogen-bond acceptors (Lipinski definition) is 4. The maximum absolute atomic E-state index is 5.41. The highest BCUT2D eigenvalue weighted by Crippen LogP contribution is 2.30. The molecule has 4 heteroatoms. The monoisotopic (exact) mass is 248 g/mol. The SMILES string of the molecule is CCNC(c1nccs1)c1ccccc1OC. The summed E-state index contributed by atoms with van der Waals surface area (Å²) < 4.78 is 5.41. The Balaban J connectivity index is 2.39. The molecule has 0 radical (unpaired) electrons. The summed E-state index contributed by atoms with van der Waals surface area (Å²) in [5, 5.41) is 6.51. The molecule has 1 atom stereocenters. The van der Waals surface area contributed by atoms with Crippen molar-refractivity contribution in [3.63, 3.8) is 0 Å². The molecule has 0 amide bonds. The largest absolute Gasteiger partial charge is 0.496 e. The van der Waals surface area contributed by atoms with Crippen LogP contribution in [0.25, 0.3) is 0 Å². The van der Waals surface area contributed by atoms with Gasteiger partial charge in [-0.15, -0.1) is 11.3 Å². The predicted molar refractivity (Wildman–Crippen MR) is 70.6 cm³/mol. The smallest absolute Gasteiger partial charge is 0.124 e. The average molecular weight is 248 g/mol. The van der Waals surface area contributed by atoms with Crippen LogP contribution >= 0.6 is 11.3 Å². The van der Waals surface area contributed by atoms with Crippen LogP contribution in [0.3, 0.4) is 0 Å². The summed E-state index contributed by atoms with van der Waals surface area (Å²) in [6, 6.07) is 8.17. The number of benzene rings is 1. The Morgan fingerprint density at radius 1 is 1.41 bits per heavy atom. The molecule has 1 aromatic heterocycles. The minimum absolute atomic E-state index is 0.108. The number of para-hydroxylation sites is 1. The van der Waals surface area contributed by atoms with Gasteiger partial charge in [0.05, 0.1) is 13.2 Å². The number of methoxy groups -OCH3 is 1. The van der Waals surface area contributed by atoms with Crippen molar-refractivity contribution in [2.24, 2.45) is 0 Å². The predicted octanol–water partition coefficient (Wildman–Crippen LogP) is 2.85. The van der Waals surface area contributed by atoms with Crippen LogP contribution in [-0.4, -0.2) is 18.6 Å². The van der Waals surface area contributed by atoms with Gasteiger partial charge >= 0.3 is 0 Å². The number of thiazole rings is 1. The Morgan fingerprint density at radius 3 is 2.88 bits per heavy atom. The van der Waals surface area contributed by atoms with Crippen molar-refractivity contribution >= 4 is 11.3 Å². The fraction of sp³-hybridized carbons (Fsp3) is 0.308. The maximum Gasteiger partial charge on any atom is 0.124 e. The van der Waals surface area contributed by atoms with Crippen molar-refractivity contribution in [1.82, 2.24) is 10.3 Å². The number of aromatic nitrogens is 1. The molecule has 1 heterocycles. The zero-order valence-electron chi connectivity index (χ0n) is 10.0. The highest BCUT2D eigenvalue weighted by Gasteiger charge is 2.18. The third-order valence-electron chi connectivity index (χ3n) is 2.56. The van der Waals surface area contributed by atoms with E-state index >= 15 is 0 Å². The summed E-state index contributed by atoms with van der Waals surface area (Å²) in [7, 11) is 1.70. The lowest BCUT2D eigenvalue weighted by Gasteiger charge is -2.18. The van der Waals surface area contributed by atoms with Crippen LogP contribution in [0.2, 0.25) is 0 Å². The van der Waals surface area contributed by atoms with Crippen LogP contribution in [0.15, 0.2) is 35.8 Å². The van der Waals surface area contributed by atoms with Crippen molar-refractivity contribution in [1.29, 1.82) is 0 Å². The molecule has 0 bridgehead atoms. The normalized spacial score (nSPS) is 12.4. The van der Waals surface area contributed by atoms with Crippen molar-refractivity contribution in [3.8, 4) is 5.75 Å². The summed E-state index contributed by atoms with van der Waals surface area (Å²) in [5.41, 5.74) is 1.13. The lowest BCUT2D eigenvalue weighted by Crippen LogP contribution is -2.22. The van der Waals surface area contributed by atoms with Crippen LogP contribution in [-0.2, 0) is 0 Å². The van der Waals surface area contributed by atoms with Gasteiger partial charge in [0.1, 0.15) is 10.8 Å². The standard InChI is InChI=1S/C13H16N2OS/c1-3-14-12(13-15-8-9-17-13)10-6-4-5-7-11(10)16-2/h4-9,12,14H,3H2,1-2H3. The molecule has 2 rings (SSSR count). The van der Waals surface area contributed by atoms with Gasteiger partial charge < -0.3 is 10.1 Å². The van der Waals surface area contributed by atoms with Crippen molar-refractivity contribution < 1.29 is 4.74 Å². The molecular formula is C13H16N2OS. The Hall–Kier alpha value is -1.39. The molecule has 0 saturated carbocycles. The van der Waals surface area contributed by atoms with Crippen LogP contribution in [0.5, 0.6) is 5.75 Å². The van der Waals surface area contributed by atoms with Crippen LogP contribution < -0.4 is 10.1 Å². The second-order valence-corrected chi connectivity index (χ2v) is 4.53. The molecular weight excluding hydrogens is 232 g/mol. The molecule has 1 N–H and O–H groups in total. The van der Waals surface area contributed by atoms with E-state index in [1.165, 1.54) is 0 Å². The minimum atomic E-state index is 0.108. The lowest BCUT2D eigenvalue weighted by atomic mass is 10.1. The van der Waals surface area contributed by atoms with Gasteiger partial charge in [-0.05, 0) is 12.6 Å². The number of nitrogens with one attached hydrogen (secondary N) is 1. The molecule has 0 aliphatic carbocycles. The number of ether oxygens (including phenoxy) is 1. The Kier molecular flexibility index (Phi) is 4.12. The zero-order chi connectivity index (χ0) is 12.1. The molecule has 90 valence electrons. The molecule has 3 nitrogen and oxygen atoms in total. The molecule has 0 aliphatic heterocycles. The van der Waals surface area contributed by atoms with Gasteiger partial charge in [-0.25, -0.2) is 4.98 Å². The van der Waals surface area contributed by atoms with Crippen molar-refractivity contribution in [2.75, 3.05) is 13.7 Å². The van der Waals surface area contributed by atoms with E-state index < -0.39 is 0 Å². The van der Waals surface area contributed by atoms with E-state index in [0.717, 1.165) is 22.9 Å². The highest BCUT2D eigenvalue weighted by molar-refractivity contribution is 7.09. The summed E-state index contributed by atoms with van der Waals surface area (Å²) >= 11 is 1.66. The first kappa shape index (κ1) is 12.1. The molecule has 2 aromatic rings. The summed E-state index contributed by atoms with van der Waals surface area (Å²) in [6.07, 6.45) is 1.83. The molecule has 17 heavy (non-hydrogen) atoms. The van der Waals surface area contributed by atoms with E-state index in [4.69, 9.17) is 4.74 Å². The number of rotatable bonds is 5. The third-order valence-corrected chi connectivity index (χ3v) is 3.40. The first-order valence-corrected chi connectivity index (χ1v) is 6.50. The topological polar surface area (TPSA) is 34.2 Å². The van der Waals surface area contributed by atoms with Gasteiger partial charge in [0.2, 0.25) is 0 Å². The molecule has 1 unspecified atom stereocenters. The first-order chi connectivity index (χ1) is 8.36. The van der Waals surface area contributed by atoms with Crippen LogP contribution in [0.1, 0.15) is 23.5 Å². The van der Waals surface area contributed by atoms with E-state index in [1.54, 1.807) is 18.4 Å². The summed E-state index contributed by atoms with van der Waals surface area (Å²) in [4.78, 5) is 4.39. The Bertz CT molecular complexity index is 456. The molecule has 0 fully saturated rings. The third kappa shape index (κ3) is 2.65. The highest BCUT2D eigenvalue weighted by atomic mass is 32.1. The van der Waals surface area contributed by atoms with E-state index in [2.05, 4.69) is 23.3 Å².